The van der Waals surface area contributed by atoms with Crippen LogP contribution in [0.4, 0.5) is 4.79 Å². The summed E-state index contributed by atoms with van der Waals surface area (Å²) in [5.41, 5.74) is 4.28. The molecule has 7 nitrogen and oxygen atoms in total. The Morgan fingerprint density at radius 2 is 1.91 bits per heavy atom. The van der Waals surface area contributed by atoms with E-state index in [-0.39, 0.29) is 23.3 Å². The molecule has 1 N–H and O–H groups in total. The zero-order valence-corrected chi connectivity index (χ0v) is 19.8. The van der Waals surface area contributed by atoms with Gasteiger partial charge in [-0.3, -0.25) is 14.5 Å². The van der Waals surface area contributed by atoms with E-state index in [0.29, 0.717) is 26.1 Å². The highest BCUT2D eigenvalue weighted by Gasteiger charge is 2.41. The Morgan fingerprint density at radius 3 is 2.68 bits per heavy atom. The van der Waals surface area contributed by atoms with Crippen molar-refractivity contribution in [3.05, 3.63) is 82.9 Å². The molecule has 34 heavy (non-hydrogen) atoms. The van der Waals surface area contributed by atoms with Gasteiger partial charge in [-0.15, -0.1) is 0 Å². The quantitative estimate of drug-likeness (QED) is 0.611. The third-order valence-corrected chi connectivity index (χ3v) is 6.80. The lowest BCUT2D eigenvalue weighted by Crippen LogP contribution is -2.39. The molecule has 1 aliphatic heterocycles. The van der Waals surface area contributed by atoms with Gasteiger partial charge in [-0.2, -0.15) is 5.10 Å². The Balaban J connectivity index is 1.45. The monoisotopic (exact) mass is 457 g/mol. The first kappa shape index (κ1) is 22.3. The zero-order valence-electron chi connectivity index (χ0n) is 19.8. The van der Waals surface area contributed by atoms with Gasteiger partial charge in [0.2, 0.25) is 0 Å². The maximum Gasteiger partial charge on any atom is 0.318 e. The highest BCUT2D eigenvalue weighted by atomic mass is 16.2. The number of rotatable bonds is 5. The molecule has 0 radical (unpaired) electrons. The number of amides is 2. The molecule has 3 heterocycles. The minimum Gasteiger partial charge on any atom is -0.334 e. The fourth-order valence-electron chi connectivity index (χ4n) is 5.22. The number of pyridine rings is 1. The number of hydrogen-bond acceptors (Lipinski definition) is 4. The topological polar surface area (TPSA) is 80.1 Å². The summed E-state index contributed by atoms with van der Waals surface area (Å²) in [5.74, 6) is 0.130. The second-order valence-electron chi connectivity index (χ2n) is 10.1. The van der Waals surface area contributed by atoms with Crippen LogP contribution in [0.1, 0.15) is 72.2 Å². The largest absolute Gasteiger partial charge is 0.334 e. The van der Waals surface area contributed by atoms with E-state index in [1.165, 1.54) is 0 Å². The molecule has 2 aliphatic rings. The SMILES string of the molecule is CC1(C)CC(=O)c2c([C@@H]3CCCN3C(=O)NCc3ccccc3)nn(Cc3ccccn3)c2C1. The van der Waals surface area contributed by atoms with Gasteiger partial charge >= 0.3 is 6.03 Å². The van der Waals surface area contributed by atoms with Crippen LogP contribution in [0.25, 0.3) is 0 Å². The summed E-state index contributed by atoms with van der Waals surface area (Å²) in [5, 5.41) is 8.02. The number of aromatic nitrogens is 3. The number of benzene rings is 1. The van der Waals surface area contributed by atoms with Crippen LogP contribution in [0.15, 0.2) is 54.7 Å². The van der Waals surface area contributed by atoms with Gasteiger partial charge in [0.15, 0.2) is 5.78 Å². The van der Waals surface area contributed by atoms with Gasteiger partial charge in [0.25, 0.3) is 0 Å². The summed E-state index contributed by atoms with van der Waals surface area (Å²) < 4.78 is 1.95. The van der Waals surface area contributed by atoms with Gasteiger partial charge in [-0.1, -0.05) is 50.2 Å². The van der Waals surface area contributed by atoms with Crippen LogP contribution < -0.4 is 5.32 Å². The molecule has 7 heteroatoms. The molecule has 0 spiro atoms. The lowest BCUT2D eigenvalue weighted by atomic mass is 9.75. The Hall–Kier alpha value is -3.48. The molecular formula is C27H31N5O2. The molecule has 1 fully saturated rings. The van der Waals surface area contributed by atoms with Crippen molar-refractivity contribution < 1.29 is 9.59 Å². The van der Waals surface area contributed by atoms with Crippen molar-refractivity contribution in [1.29, 1.82) is 0 Å². The van der Waals surface area contributed by atoms with Gasteiger partial charge in [0, 0.05) is 25.7 Å². The van der Waals surface area contributed by atoms with Crippen LogP contribution in [-0.4, -0.2) is 38.0 Å². The Bertz CT molecular complexity index is 1190. The molecule has 3 aromatic rings. The lowest BCUT2D eigenvalue weighted by molar-refractivity contribution is 0.0907. The predicted octanol–water partition coefficient (Wildman–Crippen LogP) is 4.53. The van der Waals surface area contributed by atoms with Gasteiger partial charge in [-0.05, 0) is 42.4 Å². The molecule has 1 aromatic carbocycles. The second-order valence-corrected chi connectivity index (χ2v) is 10.1. The molecule has 0 bridgehead atoms. The molecular weight excluding hydrogens is 426 g/mol. The zero-order chi connectivity index (χ0) is 23.7. The van der Waals surface area contributed by atoms with Crippen molar-refractivity contribution in [2.75, 3.05) is 6.54 Å². The third kappa shape index (κ3) is 4.47. The normalized spacial score (nSPS) is 19.2. The van der Waals surface area contributed by atoms with Gasteiger partial charge < -0.3 is 10.2 Å². The van der Waals surface area contributed by atoms with E-state index in [4.69, 9.17) is 5.10 Å². The van der Waals surface area contributed by atoms with E-state index < -0.39 is 0 Å². The van der Waals surface area contributed by atoms with Crippen molar-refractivity contribution in [2.24, 2.45) is 5.41 Å². The lowest BCUT2D eigenvalue weighted by Gasteiger charge is -2.30. The summed E-state index contributed by atoms with van der Waals surface area (Å²) in [7, 11) is 0. The average molecular weight is 458 g/mol. The minimum absolute atomic E-state index is 0.108. The van der Waals surface area contributed by atoms with E-state index in [9.17, 15) is 9.59 Å². The number of ketones is 1. The average Bonchev–Trinajstić information content (AvgIpc) is 3.43. The molecule has 2 aromatic heterocycles. The summed E-state index contributed by atoms with van der Waals surface area (Å²) >= 11 is 0. The fraction of sp³-hybridized carbons (Fsp3) is 0.407. The molecule has 1 atom stereocenters. The van der Waals surface area contributed by atoms with Crippen LogP contribution in [0.2, 0.25) is 0 Å². The summed E-state index contributed by atoms with van der Waals surface area (Å²) in [4.78, 5) is 32.8. The van der Waals surface area contributed by atoms with Crippen molar-refractivity contribution in [2.45, 2.75) is 58.7 Å². The first-order chi connectivity index (χ1) is 16.4. The fourth-order valence-corrected chi connectivity index (χ4v) is 5.22. The maximum atomic E-state index is 13.3. The number of fused-ring (bicyclic) bond motifs is 1. The molecule has 5 rings (SSSR count). The number of likely N-dealkylation sites (tertiary alicyclic amines) is 1. The van der Waals surface area contributed by atoms with E-state index >= 15 is 0 Å². The molecule has 1 saturated heterocycles. The summed E-state index contributed by atoms with van der Waals surface area (Å²) in [6.45, 7) is 5.91. The van der Waals surface area contributed by atoms with Gasteiger partial charge in [-0.25, -0.2) is 4.79 Å². The van der Waals surface area contributed by atoms with Crippen LogP contribution in [-0.2, 0) is 19.5 Å². The molecule has 0 saturated carbocycles. The van der Waals surface area contributed by atoms with Crippen molar-refractivity contribution in [3.8, 4) is 0 Å². The first-order valence-electron chi connectivity index (χ1n) is 12.0. The number of nitrogens with one attached hydrogen (secondary N) is 1. The number of carbonyl (C=O) groups is 2. The minimum atomic E-state index is -0.195. The van der Waals surface area contributed by atoms with Crippen molar-refractivity contribution >= 4 is 11.8 Å². The highest BCUT2D eigenvalue weighted by Crippen LogP contribution is 2.41. The third-order valence-electron chi connectivity index (χ3n) is 6.80. The van der Waals surface area contributed by atoms with Crippen LogP contribution in [0.5, 0.6) is 0 Å². The summed E-state index contributed by atoms with van der Waals surface area (Å²) in [6.07, 6.45) is 4.75. The van der Waals surface area contributed by atoms with E-state index in [2.05, 4.69) is 24.1 Å². The molecule has 1 aliphatic carbocycles. The van der Waals surface area contributed by atoms with Gasteiger partial charge in [0.05, 0.1) is 35.2 Å². The van der Waals surface area contributed by atoms with Crippen molar-refractivity contribution in [3.63, 3.8) is 0 Å². The smallest absolute Gasteiger partial charge is 0.318 e. The molecule has 176 valence electrons. The van der Waals surface area contributed by atoms with Crippen LogP contribution in [0.3, 0.4) is 0 Å². The number of Topliss-reactive ketones (excluding diaryl/α,β-unsaturated/α-hetero) is 1. The van der Waals surface area contributed by atoms with E-state index in [1.807, 2.05) is 58.1 Å². The van der Waals surface area contributed by atoms with E-state index in [1.54, 1.807) is 6.20 Å². The molecule has 0 unspecified atom stereocenters. The number of hydrogen-bond donors (Lipinski definition) is 1. The number of nitrogens with zero attached hydrogens (tertiary/aromatic N) is 4. The second kappa shape index (κ2) is 9.05. The van der Waals surface area contributed by atoms with Crippen molar-refractivity contribution in [1.82, 2.24) is 25.0 Å². The Labute approximate surface area is 200 Å². The van der Waals surface area contributed by atoms with Crippen LogP contribution >= 0.6 is 0 Å². The number of carbonyl (C=O) groups excluding carboxylic acids is 2. The maximum absolute atomic E-state index is 13.3. The standard InChI is InChI=1S/C27H31N5O2/c1-27(2)15-22-24(23(33)16-27)25(30-32(22)18-20-11-6-7-13-28-20)21-12-8-14-31(21)26(34)29-17-19-9-4-3-5-10-19/h3-7,9-11,13,21H,8,12,14-18H2,1-2H3,(H,29,34)/t21-/m0/s1. The predicted molar refractivity (Wildman–Crippen MR) is 129 cm³/mol. The van der Waals surface area contributed by atoms with E-state index in [0.717, 1.165) is 47.5 Å². The van der Waals surface area contributed by atoms with Gasteiger partial charge in [0.1, 0.15) is 0 Å². The molecule has 2 amide bonds. The summed E-state index contributed by atoms with van der Waals surface area (Å²) in [6, 6.07) is 15.4. The Morgan fingerprint density at radius 1 is 1.12 bits per heavy atom. The highest BCUT2D eigenvalue weighted by molar-refractivity contribution is 6.00. The van der Waals surface area contributed by atoms with Crippen LogP contribution in [0, 0.1) is 5.41 Å². The first-order valence-corrected chi connectivity index (χ1v) is 12.0. The Kier molecular flexibility index (Phi) is 5.94. The number of urea groups is 1.